The molecule has 0 amide bonds. The molecule has 0 N–H and O–H groups in total. The Bertz CT molecular complexity index is 1420. The number of carbonyl (C=O) groups is 1. The van der Waals surface area contributed by atoms with Gasteiger partial charge in [0, 0.05) is 7.11 Å². The number of hydrogen-bond acceptors (Lipinski definition) is 7. The molecule has 182 valence electrons. The number of hydrogen-bond donors (Lipinski definition) is 0. The van der Waals surface area contributed by atoms with E-state index in [-0.39, 0.29) is 30.2 Å². The normalized spacial score (nSPS) is 15.5. The minimum atomic E-state index is -0.729. The summed E-state index contributed by atoms with van der Waals surface area (Å²) in [6.07, 6.45) is 1.69. The van der Waals surface area contributed by atoms with Crippen LogP contribution in [0.15, 0.2) is 69.6 Å². The molecular formula is C26H25FN2O5S. The molecule has 9 heteroatoms. The first-order valence-electron chi connectivity index (χ1n) is 11.1. The van der Waals surface area contributed by atoms with Gasteiger partial charge in [0.2, 0.25) is 0 Å². The van der Waals surface area contributed by atoms with Crippen LogP contribution in [0.3, 0.4) is 0 Å². The lowest BCUT2D eigenvalue weighted by Crippen LogP contribution is -2.40. The Kier molecular flexibility index (Phi) is 7.57. The topological polar surface area (TPSA) is 79.1 Å². The Morgan fingerprint density at radius 2 is 1.86 bits per heavy atom. The van der Waals surface area contributed by atoms with Crippen LogP contribution in [-0.2, 0) is 14.3 Å². The molecule has 4 rings (SSSR count). The molecule has 1 aliphatic heterocycles. The van der Waals surface area contributed by atoms with Crippen molar-refractivity contribution in [1.29, 1.82) is 0 Å². The van der Waals surface area contributed by atoms with E-state index >= 15 is 0 Å². The second-order valence-corrected chi connectivity index (χ2v) is 8.77. The molecule has 0 saturated heterocycles. The highest BCUT2D eigenvalue weighted by Gasteiger charge is 2.33. The molecule has 1 atom stereocenters. The van der Waals surface area contributed by atoms with Crippen LogP contribution < -0.4 is 19.6 Å². The van der Waals surface area contributed by atoms with E-state index < -0.39 is 12.0 Å². The Labute approximate surface area is 205 Å². The van der Waals surface area contributed by atoms with Crippen LogP contribution in [0.5, 0.6) is 5.75 Å². The highest BCUT2D eigenvalue weighted by atomic mass is 32.1. The fourth-order valence-corrected chi connectivity index (χ4v) is 4.86. The maximum atomic E-state index is 13.6. The van der Waals surface area contributed by atoms with Crippen molar-refractivity contribution in [2.75, 3.05) is 26.9 Å². The van der Waals surface area contributed by atoms with Crippen molar-refractivity contribution in [2.45, 2.75) is 19.9 Å². The van der Waals surface area contributed by atoms with Gasteiger partial charge in [-0.1, -0.05) is 35.6 Å². The molecule has 3 aromatic rings. The number of aromatic nitrogens is 1. The second kappa shape index (κ2) is 10.8. The molecule has 7 nitrogen and oxygen atoms in total. The predicted octanol–water partition coefficient (Wildman–Crippen LogP) is 2.96. The van der Waals surface area contributed by atoms with Crippen LogP contribution in [-0.4, -0.2) is 37.5 Å². The molecule has 2 heterocycles. The highest BCUT2D eigenvalue weighted by Crippen LogP contribution is 2.31. The predicted molar refractivity (Wildman–Crippen MR) is 131 cm³/mol. The number of carbonyl (C=O) groups excluding carboxylic acids is 1. The summed E-state index contributed by atoms with van der Waals surface area (Å²) in [5.41, 5.74) is 1.86. The van der Waals surface area contributed by atoms with Crippen molar-refractivity contribution in [2.24, 2.45) is 4.99 Å². The van der Waals surface area contributed by atoms with Crippen molar-refractivity contribution < 1.29 is 23.4 Å². The number of benzene rings is 2. The molecule has 0 unspecified atom stereocenters. The van der Waals surface area contributed by atoms with E-state index in [0.717, 1.165) is 5.56 Å². The summed E-state index contributed by atoms with van der Waals surface area (Å²) in [5.74, 6) is -0.230. The van der Waals surface area contributed by atoms with Gasteiger partial charge in [0.15, 0.2) is 4.80 Å². The summed E-state index contributed by atoms with van der Waals surface area (Å²) in [7, 11) is 1.52. The summed E-state index contributed by atoms with van der Waals surface area (Å²) >= 11 is 1.21. The van der Waals surface area contributed by atoms with Gasteiger partial charge in [0.05, 0.1) is 35.1 Å². The first-order chi connectivity index (χ1) is 16.9. The fourth-order valence-electron chi connectivity index (χ4n) is 3.82. The Hall–Kier alpha value is -3.56. The highest BCUT2D eigenvalue weighted by molar-refractivity contribution is 7.07. The van der Waals surface area contributed by atoms with Gasteiger partial charge >= 0.3 is 5.97 Å². The lowest BCUT2D eigenvalue weighted by Gasteiger charge is -2.25. The van der Waals surface area contributed by atoms with Crippen LogP contribution in [0, 0.1) is 5.82 Å². The lowest BCUT2D eigenvalue weighted by atomic mass is 9.96. The van der Waals surface area contributed by atoms with E-state index in [2.05, 4.69) is 4.99 Å². The second-order valence-electron chi connectivity index (χ2n) is 7.76. The Balaban J connectivity index is 1.85. The number of halogens is 1. The average Bonchev–Trinajstić information content (AvgIpc) is 3.15. The molecule has 35 heavy (non-hydrogen) atoms. The Morgan fingerprint density at radius 1 is 1.14 bits per heavy atom. The zero-order valence-corrected chi connectivity index (χ0v) is 20.4. The van der Waals surface area contributed by atoms with Crippen molar-refractivity contribution in [3.8, 4) is 5.75 Å². The van der Waals surface area contributed by atoms with Gasteiger partial charge < -0.3 is 14.2 Å². The van der Waals surface area contributed by atoms with E-state index in [1.807, 2.05) is 19.1 Å². The largest absolute Gasteiger partial charge is 0.494 e. The van der Waals surface area contributed by atoms with E-state index in [1.54, 1.807) is 37.3 Å². The smallest absolute Gasteiger partial charge is 0.338 e. The molecule has 0 bridgehead atoms. The number of esters is 1. The summed E-state index contributed by atoms with van der Waals surface area (Å²) < 4.78 is 31.2. The third-order valence-electron chi connectivity index (χ3n) is 5.44. The summed E-state index contributed by atoms with van der Waals surface area (Å²) in [5, 5.41) is 0. The van der Waals surface area contributed by atoms with E-state index in [1.165, 1.54) is 35.1 Å². The standard InChI is InChI=1S/C26H25FN2O5S/c1-4-33-20-11-7-18(8-12-20)23-22(25(31)34-14-13-32-3)16(2)28-26-29(23)24(30)21(35-26)15-17-5-9-19(27)10-6-17/h5-12,15,23H,4,13-14H2,1-3H3/b21-15+/t23-/m1/s1. The molecule has 0 radical (unpaired) electrons. The minimum Gasteiger partial charge on any atom is -0.494 e. The third-order valence-corrected chi connectivity index (χ3v) is 6.42. The molecule has 0 saturated carbocycles. The number of rotatable bonds is 8. The number of ether oxygens (including phenoxy) is 3. The number of allylic oxidation sites excluding steroid dienone is 1. The van der Waals surface area contributed by atoms with Crippen LogP contribution >= 0.6 is 11.3 Å². The number of nitrogens with zero attached hydrogens (tertiary/aromatic N) is 2. The molecule has 0 aliphatic carbocycles. The van der Waals surface area contributed by atoms with Gasteiger partial charge in [-0.3, -0.25) is 9.36 Å². The molecule has 1 aliphatic rings. The van der Waals surface area contributed by atoms with Crippen molar-refractivity contribution in [3.05, 3.63) is 96.4 Å². The van der Waals surface area contributed by atoms with Crippen LogP contribution in [0.25, 0.3) is 6.08 Å². The number of thiazole rings is 1. The zero-order valence-electron chi connectivity index (χ0n) is 19.6. The van der Waals surface area contributed by atoms with Crippen LogP contribution in [0.1, 0.15) is 31.0 Å². The van der Waals surface area contributed by atoms with Gasteiger partial charge in [-0.25, -0.2) is 14.2 Å². The van der Waals surface area contributed by atoms with Crippen LogP contribution in [0.4, 0.5) is 4.39 Å². The molecule has 2 aromatic carbocycles. The fraction of sp³-hybridized carbons (Fsp3) is 0.269. The summed E-state index contributed by atoms with van der Waals surface area (Å²) in [4.78, 5) is 31.7. The van der Waals surface area contributed by atoms with Crippen molar-refractivity contribution >= 4 is 23.4 Å². The maximum absolute atomic E-state index is 13.6. The third kappa shape index (κ3) is 5.26. The van der Waals surface area contributed by atoms with Crippen molar-refractivity contribution in [1.82, 2.24) is 4.57 Å². The van der Waals surface area contributed by atoms with Gasteiger partial charge in [-0.05, 0) is 55.3 Å². The van der Waals surface area contributed by atoms with Crippen molar-refractivity contribution in [3.63, 3.8) is 0 Å². The monoisotopic (exact) mass is 496 g/mol. The molecule has 0 spiro atoms. The number of methoxy groups -OCH3 is 1. The van der Waals surface area contributed by atoms with E-state index in [0.29, 0.717) is 33.0 Å². The summed E-state index contributed by atoms with van der Waals surface area (Å²) in [6.45, 7) is 4.48. The Morgan fingerprint density at radius 3 is 2.51 bits per heavy atom. The SMILES string of the molecule is CCOc1ccc([C@@H]2C(C(=O)OCCOC)=C(C)N=c3s/c(=C/c4ccc(F)cc4)c(=O)n32)cc1. The van der Waals surface area contributed by atoms with Gasteiger partial charge in [0.1, 0.15) is 18.2 Å². The zero-order chi connectivity index (χ0) is 24.9. The number of fused-ring (bicyclic) bond motifs is 1. The van der Waals surface area contributed by atoms with Crippen LogP contribution in [0.2, 0.25) is 0 Å². The maximum Gasteiger partial charge on any atom is 0.338 e. The van der Waals surface area contributed by atoms with Gasteiger partial charge in [-0.15, -0.1) is 0 Å². The average molecular weight is 497 g/mol. The van der Waals surface area contributed by atoms with Gasteiger partial charge in [-0.2, -0.15) is 0 Å². The quantitative estimate of drug-likeness (QED) is 0.354. The summed E-state index contributed by atoms with van der Waals surface area (Å²) in [6, 6.07) is 12.4. The molecule has 0 fully saturated rings. The van der Waals surface area contributed by atoms with Gasteiger partial charge in [0.25, 0.3) is 5.56 Å². The molecular weight excluding hydrogens is 471 g/mol. The minimum absolute atomic E-state index is 0.0805. The van der Waals surface area contributed by atoms with E-state index in [9.17, 15) is 14.0 Å². The first kappa shape index (κ1) is 24.6. The lowest BCUT2D eigenvalue weighted by molar-refractivity contribution is -0.140. The first-order valence-corrected chi connectivity index (χ1v) is 11.9. The van der Waals surface area contributed by atoms with E-state index in [4.69, 9.17) is 14.2 Å². The molecule has 1 aromatic heterocycles.